The molecule has 0 fully saturated rings. The molecule has 0 saturated heterocycles. The zero-order valence-electron chi connectivity index (χ0n) is 15.9. The highest BCUT2D eigenvalue weighted by Gasteiger charge is 2.29. The van der Waals surface area contributed by atoms with E-state index in [0.717, 1.165) is 10.0 Å². The van der Waals surface area contributed by atoms with Crippen LogP contribution in [0.4, 0.5) is 17.3 Å². The summed E-state index contributed by atoms with van der Waals surface area (Å²) in [6, 6.07) is 16.1. The Morgan fingerprint density at radius 1 is 1.03 bits per heavy atom. The van der Waals surface area contributed by atoms with Gasteiger partial charge >= 0.3 is 0 Å². The lowest BCUT2D eigenvalue weighted by molar-refractivity contribution is 0.482. The summed E-state index contributed by atoms with van der Waals surface area (Å²) in [5.41, 5.74) is 13.7. The SMILES string of the molecule is N#CNC1=NC(c2ccc(Oc3ccc(Br)cc3)cc2)c2c(nc(N)c(C#N)c2N)N1. The summed E-state index contributed by atoms with van der Waals surface area (Å²) in [4.78, 5) is 8.77. The van der Waals surface area contributed by atoms with E-state index in [9.17, 15) is 5.26 Å². The van der Waals surface area contributed by atoms with E-state index in [-0.39, 0.29) is 23.0 Å². The molecule has 152 valence electrons. The molecule has 1 aliphatic rings. The van der Waals surface area contributed by atoms with Crippen molar-refractivity contribution in [2.24, 2.45) is 4.99 Å². The molecule has 31 heavy (non-hydrogen) atoms. The molecule has 10 heteroatoms. The fraction of sp³-hybridized carbons (Fsp3) is 0.0476. The van der Waals surface area contributed by atoms with Crippen molar-refractivity contribution >= 4 is 39.2 Å². The summed E-state index contributed by atoms with van der Waals surface area (Å²) in [5.74, 6) is 1.87. The Balaban J connectivity index is 1.72. The third kappa shape index (κ3) is 3.92. The van der Waals surface area contributed by atoms with Gasteiger partial charge in [0.1, 0.15) is 40.8 Å². The van der Waals surface area contributed by atoms with Crippen molar-refractivity contribution in [1.29, 1.82) is 10.5 Å². The zero-order valence-corrected chi connectivity index (χ0v) is 17.5. The number of benzene rings is 2. The lowest BCUT2D eigenvalue weighted by Crippen LogP contribution is -2.32. The maximum Gasteiger partial charge on any atom is 0.211 e. The van der Waals surface area contributed by atoms with Crippen molar-refractivity contribution in [3.8, 4) is 23.8 Å². The minimum atomic E-state index is -0.603. The third-order valence-electron chi connectivity index (χ3n) is 4.60. The van der Waals surface area contributed by atoms with Crippen molar-refractivity contribution < 1.29 is 4.74 Å². The molecule has 2 aromatic carbocycles. The van der Waals surface area contributed by atoms with Crippen LogP contribution in [-0.4, -0.2) is 10.9 Å². The van der Waals surface area contributed by atoms with E-state index in [1.165, 1.54) is 0 Å². The second-order valence-corrected chi connectivity index (χ2v) is 7.44. The number of pyridine rings is 1. The van der Waals surface area contributed by atoms with Crippen LogP contribution in [0.3, 0.4) is 0 Å². The summed E-state index contributed by atoms with van der Waals surface area (Å²) in [6.07, 6.45) is 1.82. The van der Waals surface area contributed by atoms with Gasteiger partial charge in [-0.1, -0.05) is 28.1 Å². The van der Waals surface area contributed by atoms with E-state index < -0.39 is 6.04 Å². The highest BCUT2D eigenvalue weighted by atomic mass is 79.9. The van der Waals surface area contributed by atoms with E-state index in [2.05, 4.69) is 36.5 Å². The standard InChI is InChI=1S/C21H15BrN8O/c22-12-3-7-14(8-4-12)31-13-5-1-11(2-6-13)18-16-17(25)15(9-23)19(26)29-20(16)30-21(28-18)27-10-24/h1-8,18H,(H6,25,26,27,28,29,30). The van der Waals surface area contributed by atoms with Gasteiger partial charge in [0.2, 0.25) is 5.96 Å². The van der Waals surface area contributed by atoms with Gasteiger partial charge in [-0.05, 0) is 42.0 Å². The van der Waals surface area contributed by atoms with Gasteiger partial charge in [0.25, 0.3) is 0 Å². The molecular formula is C21H15BrN8O. The molecular weight excluding hydrogens is 460 g/mol. The van der Waals surface area contributed by atoms with Crippen molar-refractivity contribution in [3.63, 3.8) is 0 Å². The van der Waals surface area contributed by atoms with Crippen molar-refractivity contribution in [2.45, 2.75) is 6.04 Å². The Morgan fingerprint density at radius 3 is 2.29 bits per heavy atom. The van der Waals surface area contributed by atoms with Gasteiger partial charge < -0.3 is 21.5 Å². The fourth-order valence-electron chi connectivity index (χ4n) is 3.18. The number of rotatable bonds is 3. The van der Waals surface area contributed by atoms with Crippen molar-refractivity contribution in [3.05, 3.63) is 69.7 Å². The van der Waals surface area contributed by atoms with Crippen LogP contribution in [0.15, 0.2) is 58.0 Å². The number of nitrogens with zero attached hydrogens (tertiary/aromatic N) is 4. The summed E-state index contributed by atoms with van der Waals surface area (Å²) in [7, 11) is 0. The van der Waals surface area contributed by atoms with Gasteiger partial charge in [-0.15, -0.1) is 0 Å². The molecule has 9 nitrogen and oxygen atoms in total. The molecule has 1 unspecified atom stereocenters. The molecule has 4 rings (SSSR count). The van der Waals surface area contributed by atoms with E-state index in [1.54, 1.807) is 12.1 Å². The highest BCUT2D eigenvalue weighted by molar-refractivity contribution is 9.10. The number of nitrogen functional groups attached to an aromatic ring is 2. The van der Waals surface area contributed by atoms with Crippen LogP contribution in [0.1, 0.15) is 22.7 Å². The van der Waals surface area contributed by atoms with Crippen molar-refractivity contribution in [1.82, 2.24) is 10.3 Å². The number of nitrogens with two attached hydrogens (primary N) is 2. The number of hydrogen-bond acceptors (Lipinski definition) is 9. The Morgan fingerprint density at radius 2 is 1.68 bits per heavy atom. The molecule has 6 N–H and O–H groups in total. The quantitative estimate of drug-likeness (QED) is 0.330. The van der Waals surface area contributed by atoms with E-state index in [4.69, 9.17) is 21.5 Å². The molecule has 0 aliphatic carbocycles. The molecule has 0 radical (unpaired) electrons. The molecule has 3 aromatic rings. The van der Waals surface area contributed by atoms with Crippen LogP contribution in [0.5, 0.6) is 11.5 Å². The van der Waals surface area contributed by atoms with Gasteiger partial charge in [-0.3, -0.25) is 5.32 Å². The lowest BCUT2D eigenvalue weighted by Gasteiger charge is -2.26. The van der Waals surface area contributed by atoms with Gasteiger partial charge in [0.05, 0.1) is 5.69 Å². The average molecular weight is 475 g/mol. The number of ether oxygens (including phenoxy) is 1. The minimum Gasteiger partial charge on any atom is -0.457 e. The first kappa shape index (κ1) is 20.0. The predicted molar refractivity (Wildman–Crippen MR) is 120 cm³/mol. The Bertz CT molecular complexity index is 1260. The first-order valence-electron chi connectivity index (χ1n) is 9.02. The predicted octanol–water partition coefficient (Wildman–Crippen LogP) is 3.61. The number of hydrogen-bond donors (Lipinski definition) is 4. The Hall–Kier alpha value is -4.28. The first-order valence-corrected chi connectivity index (χ1v) is 9.81. The van der Waals surface area contributed by atoms with E-state index in [1.807, 2.05) is 48.7 Å². The topological polar surface area (TPSA) is 158 Å². The molecule has 0 amide bonds. The zero-order chi connectivity index (χ0) is 22.0. The number of nitriles is 2. The van der Waals surface area contributed by atoms with Gasteiger partial charge in [0.15, 0.2) is 6.19 Å². The van der Waals surface area contributed by atoms with Crippen LogP contribution in [-0.2, 0) is 0 Å². The maximum atomic E-state index is 9.41. The smallest absolute Gasteiger partial charge is 0.211 e. The molecule has 1 atom stereocenters. The average Bonchev–Trinajstić information content (AvgIpc) is 2.76. The minimum absolute atomic E-state index is 0.00135. The fourth-order valence-corrected chi connectivity index (χ4v) is 3.44. The lowest BCUT2D eigenvalue weighted by atomic mass is 9.95. The molecule has 0 bridgehead atoms. The van der Waals surface area contributed by atoms with Crippen LogP contribution >= 0.6 is 15.9 Å². The Kier molecular flexibility index (Phi) is 5.31. The Labute approximate surface area is 186 Å². The van der Waals surface area contributed by atoms with Crippen LogP contribution in [0, 0.1) is 22.8 Å². The molecule has 2 heterocycles. The summed E-state index contributed by atoms with van der Waals surface area (Å²) in [5, 5.41) is 23.8. The molecule has 0 saturated carbocycles. The number of aromatic nitrogens is 1. The number of halogens is 1. The van der Waals surface area contributed by atoms with Gasteiger partial charge in [-0.25, -0.2) is 9.98 Å². The summed E-state index contributed by atoms with van der Waals surface area (Å²) in [6.45, 7) is 0. The normalized spacial score (nSPS) is 14.3. The number of fused-ring (bicyclic) bond motifs is 1. The monoisotopic (exact) mass is 474 g/mol. The molecule has 1 aliphatic heterocycles. The number of anilines is 3. The second-order valence-electron chi connectivity index (χ2n) is 6.53. The summed E-state index contributed by atoms with van der Waals surface area (Å²) < 4.78 is 6.82. The molecule has 1 aromatic heterocycles. The van der Waals surface area contributed by atoms with Crippen LogP contribution < -0.4 is 26.8 Å². The largest absolute Gasteiger partial charge is 0.457 e. The number of guanidine groups is 1. The third-order valence-corrected chi connectivity index (χ3v) is 5.13. The number of aliphatic imine (C=N–C) groups is 1. The van der Waals surface area contributed by atoms with Crippen molar-refractivity contribution in [2.75, 3.05) is 16.8 Å². The summed E-state index contributed by atoms with van der Waals surface area (Å²) >= 11 is 3.39. The van der Waals surface area contributed by atoms with Gasteiger partial charge in [-0.2, -0.15) is 10.5 Å². The van der Waals surface area contributed by atoms with Gasteiger partial charge in [0, 0.05) is 10.0 Å². The van der Waals surface area contributed by atoms with Crippen LogP contribution in [0.25, 0.3) is 0 Å². The molecule has 0 spiro atoms. The second kappa shape index (κ2) is 8.22. The van der Waals surface area contributed by atoms with E-state index >= 15 is 0 Å². The highest BCUT2D eigenvalue weighted by Crippen LogP contribution is 2.40. The first-order chi connectivity index (χ1) is 15.0. The maximum absolute atomic E-state index is 9.41. The van der Waals surface area contributed by atoms with E-state index in [0.29, 0.717) is 22.9 Å². The number of nitrogens with one attached hydrogen (secondary N) is 2. The van der Waals surface area contributed by atoms with Crippen LogP contribution in [0.2, 0.25) is 0 Å².